The molecular weight excluding hydrogens is 318 g/mol. The lowest BCUT2D eigenvalue weighted by Crippen LogP contribution is -2.07. The van der Waals surface area contributed by atoms with Gasteiger partial charge in [-0.1, -0.05) is 72.8 Å². The van der Waals surface area contributed by atoms with Gasteiger partial charge in [0, 0.05) is 17.7 Å². The Balaban J connectivity index is 2.43. The first-order valence-electron chi connectivity index (χ1n) is 8.78. The second-order valence-corrected chi connectivity index (χ2v) is 6.11. The summed E-state index contributed by atoms with van der Waals surface area (Å²) in [7, 11) is 0. The maximum atomic E-state index is 10.1. The summed E-state index contributed by atoms with van der Waals surface area (Å²) >= 11 is 0. The molecule has 1 aromatic heterocycles. The topological polar surface area (TPSA) is 33.1 Å². The molecule has 0 aliphatic heterocycles. The van der Waals surface area contributed by atoms with E-state index in [1.165, 1.54) is 0 Å². The first kappa shape index (κ1) is 17.8. The van der Waals surface area contributed by atoms with Crippen LogP contribution >= 0.6 is 0 Å². The average Bonchev–Trinajstić information content (AvgIpc) is 2.70. The van der Waals surface area contributed by atoms with Crippen molar-refractivity contribution < 1.29 is 5.11 Å². The minimum Gasteiger partial charge on any atom is -0.390 e. The van der Waals surface area contributed by atoms with Gasteiger partial charge in [0.15, 0.2) is 0 Å². The molecule has 3 aromatic rings. The first-order chi connectivity index (χ1) is 12.8. The van der Waals surface area contributed by atoms with E-state index >= 15 is 0 Å². The minimum atomic E-state index is -0.109. The van der Waals surface area contributed by atoms with Gasteiger partial charge in [-0.15, -0.1) is 13.2 Å². The van der Waals surface area contributed by atoms with Gasteiger partial charge in [0.2, 0.25) is 0 Å². The van der Waals surface area contributed by atoms with Gasteiger partial charge in [-0.25, -0.2) is 0 Å². The summed E-state index contributed by atoms with van der Waals surface area (Å²) < 4.78 is 0. The maximum absolute atomic E-state index is 10.1. The number of hydrogen-bond acceptors (Lipinski definition) is 2. The predicted octanol–water partition coefficient (Wildman–Crippen LogP) is 5.36. The third-order valence-electron chi connectivity index (χ3n) is 4.42. The third kappa shape index (κ3) is 3.51. The summed E-state index contributed by atoms with van der Waals surface area (Å²) in [6, 6.07) is 20.4. The van der Waals surface area contributed by atoms with E-state index in [0.29, 0.717) is 18.5 Å². The monoisotopic (exact) mass is 341 g/mol. The summed E-state index contributed by atoms with van der Waals surface area (Å²) in [5, 5.41) is 10.1. The molecule has 1 N–H and O–H groups in total. The van der Waals surface area contributed by atoms with Gasteiger partial charge in [0.25, 0.3) is 0 Å². The van der Waals surface area contributed by atoms with Gasteiger partial charge in [-0.05, 0) is 28.7 Å². The number of aliphatic hydroxyl groups excluding tert-OH is 1. The van der Waals surface area contributed by atoms with Crippen molar-refractivity contribution in [3.63, 3.8) is 0 Å². The van der Waals surface area contributed by atoms with E-state index in [2.05, 4.69) is 37.4 Å². The molecule has 26 heavy (non-hydrogen) atoms. The molecule has 0 fully saturated rings. The van der Waals surface area contributed by atoms with Gasteiger partial charge in [0.1, 0.15) is 0 Å². The summed E-state index contributed by atoms with van der Waals surface area (Å²) in [5.41, 5.74) is 7.06. The summed E-state index contributed by atoms with van der Waals surface area (Å²) in [6.07, 6.45) is 5.13. The number of pyridine rings is 1. The minimum absolute atomic E-state index is 0.109. The zero-order valence-corrected chi connectivity index (χ0v) is 14.9. The molecule has 2 heteroatoms. The zero-order chi connectivity index (χ0) is 18.4. The Morgan fingerprint density at radius 1 is 0.731 bits per heavy atom. The Bertz CT molecular complexity index is 898. The molecule has 0 radical (unpaired) electrons. The fraction of sp³-hybridized carbons (Fsp3) is 0.125. The number of hydrogen-bond donors (Lipinski definition) is 1. The Labute approximate surface area is 155 Å². The lowest BCUT2D eigenvalue weighted by Gasteiger charge is -2.21. The highest BCUT2D eigenvalue weighted by Crippen LogP contribution is 2.39. The molecule has 2 nitrogen and oxygen atoms in total. The van der Waals surface area contributed by atoms with E-state index in [1.807, 2.05) is 48.6 Å². The molecule has 0 aliphatic rings. The summed E-state index contributed by atoms with van der Waals surface area (Å²) in [4.78, 5) is 4.79. The molecule has 0 saturated heterocycles. The SMILES string of the molecule is C=CCc1nc(CO)c(-c2ccccc2)c(-c2ccccc2)c1CC=C. The molecule has 0 saturated carbocycles. The molecule has 3 rings (SSSR count). The fourth-order valence-corrected chi connectivity index (χ4v) is 3.35. The Morgan fingerprint density at radius 2 is 1.27 bits per heavy atom. The standard InChI is InChI=1S/C24H23NO/c1-3-11-20-21(12-4-2)25-22(17-26)24(19-15-9-6-10-16-19)23(20)18-13-7-5-8-14-18/h3-10,13-16,26H,1-2,11-12,17H2. The van der Waals surface area contributed by atoms with Crippen LogP contribution < -0.4 is 0 Å². The number of aromatic nitrogens is 1. The van der Waals surface area contributed by atoms with Crippen molar-refractivity contribution in [1.29, 1.82) is 0 Å². The van der Waals surface area contributed by atoms with Crippen molar-refractivity contribution in [3.05, 3.63) is 103 Å². The lowest BCUT2D eigenvalue weighted by molar-refractivity contribution is 0.277. The quantitative estimate of drug-likeness (QED) is 0.586. The van der Waals surface area contributed by atoms with Crippen LogP contribution in [0.5, 0.6) is 0 Å². The van der Waals surface area contributed by atoms with Crippen LogP contribution in [0.3, 0.4) is 0 Å². The van der Waals surface area contributed by atoms with E-state index < -0.39 is 0 Å². The van der Waals surface area contributed by atoms with Crippen LogP contribution in [0, 0.1) is 0 Å². The number of allylic oxidation sites excluding steroid dienone is 2. The third-order valence-corrected chi connectivity index (χ3v) is 4.42. The Hall–Kier alpha value is -2.97. The lowest BCUT2D eigenvalue weighted by atomic mass is 9.87. The first-order valence-corrected chi connectivity index (χ1v) is 8.78. The van der Waals surface area contributed by atoms with Crippen molar-refractivity contribution in [1.82, 2.24) is 4.98 Å². The van der Waals surface area contributed by atoms with Gasteiger partial charge in [-0.2, -0.15) is 0 Å². The van der Waals surface area contributed by atoms with E-state index in [1.54, 1.807) is 0 Å². The van der Waals surface area contributed by atoms with Crippen LogP contribution in [0.4, 0.5) is 0 Å². The molecular formula is C24H23NO. The van der Waals surface area contributed by atoms with Gasteiger partial charge < -0.3 is 5.11 Å². The highest BCUT2D eigenvalue weighted by atomic mass is 16.3. The molecule has 130 valence electrons. The largest absolute Gasteiger partial charge is 0.390 e. The van der Waals surface area contributed by atoms with E-state index in [0.717, 1.165) is 33.5 Å². The van der Waals surface area contributed by atoms with Crippen molar-refractivity contribution in [2.45, 2.75) is 19.4 Å². The maximum Gasteiger partial charge on any atom is 0.0859 e. The van der Waals surface area contributed by atoms with Crippen LogP contribution in [-0.2, 0) is 19.4 Å². The highest BCUT2D eigenvalue weighted by molar-refractivity contribution is 5.87. The van der Waals surface area contributed by atoms with Crippen LogP contribution in [0.15, 0.2) is 86.0 Å². The molecule has 0 spiro atoms. The molecule has 0 unspecified atom stereocenters. The van der Waals surface area contributed by atoms with Crippen molar-refractivity contribution >= 4 is 0 Å². The van der Waals surface area contributed by atoms with Crippen LogP contribution in [0.25, 0.3) is 22.3 Å². The molecule has 0 atom stereocenters. The van der Waals surface area contributed by atoms with Crippen molar-refractivity contribution in [2.24, 2.45) is 0 Å². The molecule has 2 aromatic carbocycles. The number of nitrogens with zero attached hydrogens (tertiary/aromatic N) is 1. The molecule has 0 aliphatic carbocycles. The van der Waals surface area contributed by atoms with Crippen LogP contribution in [0.1, 0.15) is 17.0 Å². The van der Waals surface area contributed by atoms with Crippen molar-refractivity contribution in [3.8, 4) is 22.3 Å². The Morgan fingerprint density at radius 3 is 1.77 bits per heavy atom. The number of aliphatic hydroxyl groups is 1. The van der Waals surface area contributed by atoms with Gasteiger partial charge in [-0.3, -0.25) is 4.98 Å². The molecule has 0 bridgehead atoms. The molecule has 0 amide bonds. The zero-order valence-electron chi connectivity index (χ0n) is 14.9. The van der Waals surface area contributed by atoms with Gasteiger partial charge in [0.05, 0.1) is 12.3 Å². The van der Waals surface area contributed by atoms with E-state index in [-0.39, 0.29) is 6.61 Å². The average molecular weight is 341 g/mol. The Kier molecular flexibility index (Phi) is 5.77. The predicted molar refractivity (Wildman–Crippen MR) is 109 cm³/mol. The van der Waals surface area contributed by atoms with E-state index in [9.17, 15) is 5.11 Å². The molecule has 1 heterocycles. The summed E-state index contributed by atoms with van der Waals surface area (Å²) in [6.45, 7) is 7.69. The fourth-order valence-electron chi connectivity index (χ4n) is 3.35. The second kappa shape index (κ2) is 8.41. The van der Waals surface area contributed by atoms with E-state index in [4.69, 9.17) is 4.98 Å². The second-order valence-electron chi connectivity index (χ2n) is 6.11. The van der Waals surface area contributed by atoms with Crippen LogP contribution in [-0.4, -0.2) is 10.1 Å². The normalized spacial score (nSPS) is 10.5. The van der Waals surface area contributed by atoms with Crippen molar-refractivity contribution in [2.75, 3.05) is 0 Å². The number of benzene rings is 2. The van der Waals surface area contributed by atoms with Crippen LogP contribution in [0.2, 0.25) is 0 Å². The summed E-state index contributed by atoms with van der Waals surface area (Å²) in [5.74, 6) is 0. The highest BCUT2D eigenvalue weighted by Gasteiger charge is 2.20. The van der Waals surface area contributed by atoms with Gasteiger partial charge >= 0.3 is 0 Å². The number of rotatable bonds is 7. The smallest absolute Gasteiger partial charge is 0.0859 e.